The third-order valence-corrected chi connectivity index (χ3v) is 5.97. The molecule has 0 atom stereocenters. The number of benzene rings is 3. The Kier molecular flexibility index (Phi) is 7.62. The molecule has 0 bridgehead atoms. The van der Waals surface area contributed by atoms with Crippen LogP contribution in [0.25, 0.3) is 10.8 Å². The highest BCUT2D eigenvalue weighted by Gasteiger charge is 2.14. The van der Waals surface area contributed by atoms with Crippen molar-refractivity contribution in [2.24, 2.45) is 0 Å². The fraction of sp³-hybridized carbons (Fsp3) is 0.148. The Balaban J connectivity index is 1.63. The van der Waals surface area contributed by atoms with E-state index in [1.165, 1.54) is 11.5 Å². The molecule has 0 saturated carbocycles. The number of ether oxygens (including phenoxy) is 1. The van der Waals surface area contributed by atoms with Crippen LogP contribution in [0.3, 0.4) is 0 Å². The van der Waals surface area contributed by atoms with Gasteiger partial charge in [-0.05, 0) is 76.0 Å². The molecule has 0 aliphatic heterocycles. The molecule has 0 aliphatic rings. The van der Waals surface area contributed by atoms with E-state index in [1.807, 2.05) is 37.3 Å². The number of carbonyl (C=O) groups is 1. The average Bonchev–Trinajstić information content (AvgIpc) is 2.86. The highest BCUT2D eigenvalue weighted by atomic mass is 79.9. The Bertz CT molecular complexity index is 1400. The second kappa shape index (κ2) is 11.0. The zero-order valence-electron chi connectivity index (χ0n) is 19.7. The minimum Gasteiger partial charge on any atom is -0.495 e. The molecule has 1 amide bonds. The average molecular weight is 532 g/mol. The van der Waals surface area contributed by atoms with Crippen molar-refractivity contribution in [3.8, 4) is 5.75 Å². The number of fused-ring (bicyclic) bond motifs is 1. The fourth-order valence-electron chi connectivity index (χ4n) is 3.66. The molecule has 0 unspecified atom stereocenters. The molecule has 4 rings (SSSR count). The lowest BCUT2D eigenvalue weighted by Gasteiger charge is -2.16. The van der Waals surface area contributed by atoms with Crippen LogP contribution in [-0.4, -0.2) is 23.0 Å². The predicted octanol–water partition coefficient (Wildman–Crippen LogP) is 6.97. The second-order valence-electron chi connectivity index (χ2n) is 7.75. The molecule has 3 aromatic carbocycles. The number of nitrogens with one attached hydrogen (secondary N) is 3. The number of rotatable bonds is 8. The van der Waals surface area contributed by atoms with Gasteiger partial charge in [0.2, 0.25) is 11.9 Å². The molecule has 35 heavy (non-hydrogen) atoms. The second-order valence-corrected chi connectivity index (χ2v) is 8.61. The molecule has 4 aromatic rings. The van der Waals surface area contributed by atoms with Gasteiger partial charge in [0, 0.05) is 17.6 Å². The van der Waals surface area contributed by atoms with Gasteiger partial charge in [0.05, 0.1) is 17.3 Å². The largest absolute Gasteiger partial charge is 0.495 e. The van der Waals surface area contributed by atoms with Gasteiger partial charge in [-0.25, -0.2) is 4.98 Å². The molecule has 0 radical (unpaired) electrons. The summed E-state index contributed by atoms with van der Waals surface area (Å²) in [4.78, 5) is 21.2. The van der Waals surface area contributed by atoms with Gasteiger partial charge in [-0.3, -0.25) is 4.79 Å². The van der Waals surface area contributed by atoms with Crippen molar-refractivity contribution in [1.29, 1.82) is 0 Å². The van der Waals surface area contributed by atoms with Gasteiger partial charge in [-0.15, -0.1) is 0 Å². The summed E-state index contributed by atoms with van der Waals surface area (Å²) in [5.41, 5.74) is 3.21. The van der Waals surface area contributed by atoms with Crippen LogP contribution >= 0.6 is 15.9 Å². The number of carbonyl (C=O) groups excluding carboxylic acids is 1. The number of aryl methyl sites for hydroxylation is 1. The first-order valence-electron chi connectivity index (χ1n) is 11.2. The van der Waals surface area contributed by atoms with Crippen molar-refractivity contribution in [1.82, 2.24) is 9.97 Å². The monoisotopic (exact) mass is 531 g/mol. The van der Waals surface area contributed by atoms with Gasteiger partial charge >= 0.3 is 0 Å². The third-order valence-electron chi connectivity index (χ3n) is 5.38. The lowest BCUT2D eigenvalue weighted by molar-refractivity contribution is -0.111. The number of allylic oxidation sites excluding steroid dienone is 1. The summed E-state index contributed by atoms with van der Waals surface area (Å²) < 4.78 is 6.31. The zero-order chi connectivity index (χ0) is 24.8. The van der Waals surface area contributed by atoms with Gasteiger partial charge in [0.15, 0.2) is 0 Å². The smallest absolute Gasteiger partial charge is 0.248 e. The number of nitrogens with zero attached hydrogens (tertiary/aromatic N) is 2. The Morgan fingerprint density at radius 2 is 1.86 bits per heavy atom. The molecular weight excluding hydrogens is 506 g/mol. The van der Waals surface area contributed by atoms with E-state index >= 15 is 0 Å². The number of hydrogen-bond donors (Lipinski definition) is 3. The normalized spacial score (nSPS) is 11.0. The third kappa shape index (κ3) is 5.78. The van der Waals surface area contributed by atoms with Gasteiger partial charge < -0.3 is 20.7 Å². The molecule has 8 heteroatoms. The Morgan fingerprint density at radius 3 is 2.60 bits per heavy atom. The Morgan fingerprint density at radius 1 is 1.06 bits per heavy atom. The molecule has 0 fully saturated rings. The lowest BCUT2D eigenvalue weighted by atomic mass is 10.1. The summed E-state index contributed by atoms with van der Waals surface area (Å²) in [6, 6.07) is 18.1. The topological polar surface area (TPSA) is 88.2 Å². The maximum Gasteiger partial charge on any atom is 0.248 e. The Labute approximate surface area is 212 Å². The number of aromatic nitrogens is 2. The highest BCUT2D eigenvalue weighted by molar-refractivity contribution is 9.10. The summed E-state index contributed by atoms with van der Waals surface area (Å²) in [7, 11) is 1.60. The summed E-state index contributed by atoms with van der Waals surface area (Å²) >= 11 is 3.53. The van der Waals surface area contributed by atoms with Crippen molar-refractivity contribution in [3.63, 3.8) is 0 Å². The van der Waals surface area contributed by atoms with Crippen LogP contribution in [0.15, 0.2) is 77.4 Å². The maximum absolute atomic E-state index is 12.2. The molecule has 7 nitrogen and oxygen atoms in total. The first kappa shape index (κ1) is 24.2. The van der Waals surface area contributed by atoms with Crippen LogP contribution in [-0.2, 0) is 11.2 Å². The molecule has 1 aromatic heterocycles. The summed E-state index contributed by atoms with van der Waals surface area (Å²) in [5, 5.41) is 11.8. The predicted molar refractivity (Wildman–Crippen MR) is 146 cm³/mol. The SMILES string of the molecule is C/C=C/C(=O)Nc1cc(Nc2ncc(Br)c(Nc3ccc4ccccc4c3)n2)c(OC)cc1CC. The maximum atomic E-state index is 12.2. The minimum atomic E-state index is -0.194. The quantitative estimate of drug-likeness (QED) is 0.213. The van der Waals surface area contributed by atoms with Crippen molar-refractivity contribution in [2.45, 2.75) is 20.3 Å². The lowest BCUT2D eigenvalue weighted by Crippen LogP contribution is -2.11. The first-order chi connectivity index (χ1) is 17.0. The Hall–Kier alpha value is -3.91. The standard InChI is InChI=1S/C27H26BrN5O2/c1-4-8-25(34)31-22-15-23(24(35-3)14-17(22)5-2)32-27-29-16-21(28)26(33-27)30-20-12-11-18-9-6-7-10-19(18)13-20/h4,6-16H,5H2,1-3H3,(H,31,34)(H2,29,30,32,33)/b8-4+. The summed E-state index contributed by atoms with van der Waals surface area (Å²) in [5.74, 6) is 1.43. The number of halogens is 1. The first-order valence-corrected chi connectivity index (χ1v) is 12.0. The summed E-state index contributed by atoms with van der Waals surface area (Å²) in [6.07, 6.45) is 5.60. The molecule has 0 spiro atoms. The van der Waals surface area contributed by atoms with Gasteiger partial charge in [0.1, 0.15) is 11.6 Å². The van der Waals surface area contributed by atoms with Gasteiger partial charge in [0.25, 0.3) is 0 Å². The molecular formula is C27H26BrN5O2. The van der Waals surface area contributed by atoms with E-state index in [4.69, 9.17) is 4.74 Å². The van der Waals surface area contributed by atoms with E-state index in [2.05, 4.69) is 66.1 Å². The van der Waals surface area contributed by atoms with E-state index in [0.717, 1.165) is 27.5 Å². The van der Waals surface area contributed by atoms with E-state index < -0.39 is 0 Å². The van der Waals surface area contributed by atoms with Crippen LogP contribution < -0.4 is 20.7 Å². The minimum absolute atomic E-state index is 0.194. The van der Waals surface area contributed by atoms with Crippen molar-refractivity contribution >= 4 is 61.4 Å². The van der Waals surface area contributed by atoms with E-state index in [9.17, 15) is 4.79 Å². The number of methoxy groups -OCH3 is 1. The molecule has 178 valence electrons. The van der Waals surface area contributed by atoms with Crippen LogP contribution in [0.1, 0.15) is 19.4 Å². The van der Waals surface area contributed by atoms with E-state index in [1.54, 1.807) is 26.3 Å². The van der Waals surface area contributed by atoms with Crippen LogP contribution in [0.2, 0.25) is 0 Å². The summed E-state index contributed by atoms with van der Waals surface area (Å²) in [6.45, 7) is 3.82. The van der Waals surface area contributed by atoms with Crippen molar-refractivity contribution < 1.29 is 9.53 Å². The van der Waals surface area contributed by atoms with Crippen LogP contribution in [0.5, 0.6) is 5.75 Å². The number of amides is 1. The van der Waals surface area contributed by atoms with Gasteiger partial charge in [-0.1, -0.05) is 43.3 Å². The van der Waals surface area contributed by atoms with Crippen LogP contribution in [0.4, 0.5) is 28.8 Å². The molecule has 0 saturated heterocycles. The van der Waals surface area contributed by atoms with E-state index in [0.29, 0.717) is 28.9 Å². The number of anilines is 5. The van der Waals surface area contributed by atoms with Crippen LogP contribution in [0, 0.1) is 0 Å². The van der Waals surface area contributed by atoms with Gasteiger partial charge in [-0.2, -0.15) is 4.98 Å². The molecule has 0 aliphatic carbocycles. The molecule has 3 N–H and O–H groups in total. The fourth-order valence-corrected chi connectivity index (χ4v) is 3.95. The van der Waals surface area contributed by atoms with Crippen molar-refractivity contribution in [3.05, 3.63) is 83.0 Å². The van der Waals surface area contributed by atoms with E-state index in [-0.39, 0.29) is 5.91 Å². The van der Waals surface area contributed by atoms with Crippen molar-refractivity contribution in [2.75, 3.05) is 23.1 Å². The highest BCUT2D eigenvalue weighted by Crippen LogP contribution is 2.34. The zero-order valence-corrected chi connectivity index (χ0v) is 21.3. The number of hydrogen-bond acceptors (Lipinski definition) is 6. The molecule has 1 heterocycles.